The number of aromatic amines is 1. The first-order valence-corrected chi connectivity index (χ1v) is 12.4. The number of H-pyrrole nitrogens is 1. The number of aliphatic hydroxyl groups is 1. The first-order valence-electron chi connectivity index (χ1n) is 12.4. The molecule has 1 aromatic carbocycles. The van der Waals surface area contributed by atoms with Crippen molar-refractivity contribution in [2.24, 2.45) is 11.5 Å². The smallest absolute Gasteiger partial charge is 0.326 e. The molecule has 13 nitrogen and oxygen atoms in total. The van der Waals surface area contributed by atoms with E-state index in [-0.39, 0.29) is 32.2 Å². The number of aliphatic hydroxyl groups excluding tert-OH is 1. The maximum Gasteiger partial charge on any atom is 0.326 e. The average molecular weight is 531 g/mol. The molecule has 2 aromatic rings. The highest BCUT2D eigenvalue weighted by atomic mass is 16.4. The summed E-state index contributed by atoms with van der Waals surface area (Å²) in [6.45, 7) is 1.45. The highest BCUT2D eigenvalue weighted by Crippen LogP contribution is 2.20. The summed E-state index contributed by atoms with van der Waals surface area (Å²) in [6, 6.07) is 2.65. The molecular formula is C25H34N6O7. The molecule has 1 aliphatic heterocycles. The van der Waals surface area contributed by atoms with Crippen LogP contribution >= 0.6 is 0 Å². The van der Waals surface area contributed by atoms with E-state index in [4.69, 9.17) is 11.5 Å². The number of nitrogens with one attached hydrogen (secondary N) is 3. The summed E-state index contributed by atoms with van der Waals surface area (Å²) in [4.78, 5) is 66.2. The Hall–Kier alpha value is -3.97. The molecule has 9 N–H and O–H groups in total. The highest BCUT2D eigenvalue weighted by molar-refractivity contribution is 5.95. The van der Waals surface area contributed by atoms with Crippen LogP contribution in [-0.2, 0) is 30.4 Å². The lowest BCUT2D eigenvalue weighted by atomic mass is 10.0. The van der Waals surface area contributed by atoms with Crippen LogP contribution in [0, 0.1) is 0 Å². The van der Waals surface area contributed by atoms with Crippen molar-refractivity contribution in [1.82, 2.24) is 20.5 Å². The number of carbonyl (C=O) groups excluding carboxylic acids is 4. The lowest BCUT2D eigenvalue weighted by molar-refractivity contribution is -0.150. The molecule has 5 atom stereocenters. The molecule has 0 saturated carbocycles. The van der Waals surface area contributed by atoms with E-state index in [0.717, 1.165) is 21.4 Å². The number of para-hydroxylation sites is 1. The third-order valence-corrected chi connectivity index (χ3v) is 6.63. The number of primary amides is 1. The van der Waals surface area contributed by atoms with Crippen molar-refractivity contribution < 1.29 is 34.2 Å². The van der Waals surface area contributed by atoms with Gasteiger partial charge in [-0.05, 0) is 44.2 Å². The van der Waals surface area contributed by atoms with E-state index in [1.54, 1.807) is 6.20 Å². The fraction of sp³-hybridized carbons (Fsp3) is 0.480. The Bertz CT molecular complexity index is 1200. The van der Waals surface area contributed by atoms with Crippen LogP contribution in [0.1, 0.15) is 38.2 Å². The number of nitrogens with two attached hydrogens (primary N) is 2. The fourth-order valence-corrected chi connectivity index (χ4v) is 4.57. The molecule has 0 aliphatic carbocycles. The summed E-state index contributed by atoms with van der Waals surface area (Å²) in [6.07, 6.45) is 0.864. The number of benzene rings is 1. The number of carbonyl (C=O) groups is 5. The average Bonchev–Trinajstić information content (AvgIpc) is 3.52. The number of amides is 4. The minimum Gasteiger partial charge on any atom is -0.480 e. The highest BCUT2D eigenvalue weighted by Gasteiger charge is 2.40. The number of aliphatic carboxylic acids is 1. The number of nitrogens with zero attached hydrogens (tertiary/aromatic N) is 1. The number of hydrogen-bond acceptors (Lipinski definition) is 7. The van der Waals surface area contributed by atoms with E-state index in [9.17, 15) is 34.2 Å². The largest absolute Gasteiger partial charge is 0.480 e. The van der Waals surface area contributed by atoms with E-state index >= 15 is 0 Å². The van der Waals surface area contributed by atoms with Crippen LogP contribution in [0.2, 0.25) is 0 Å². The number of hydrogen-bond donors (Lipinski definition) is 7. The second-order valence-electron chi connectivity index (χ2n) is 9.49. The van der Waals surface area contributed by atoms with Crippen LogP contribution in [0.3, 0.4) is 0 Å². The Labute approximate surface area is 218 Å². The lowest BCUT2D eigenvalue weighted by Crippen LogP contribution is -2.60. The number of fused-ring (bicyclic) bond motifs is 1. The van der Waals surface area contributed by atoms with Gasteiger partial charge in [-0.3, -0.25) is 19.2 Å². The first-order chi connectivity index (χ1) is 18.0. The number of likely N-dealkylation sites (tertiary alicyclic amines) is 1. The van der Waals surface area contributed by atoms with Gasteiger partial charge < -0.3 is 42.2 Å². The van der Waals surface area contributed by atoms with E-state index in [0.29, 0.717) is 6.42 Å². The number of aromatic nitrogens is 1. The van der Waals surface area contributed by atoms with E-state index in [1.807, 2.05) is 24.3 Å². The molecule has 206 valence electrons. The van der Waals surface area contributed by atoms with Gasteiger partial charge in [-0.15, -0.1) is 0 Å². The molecule has 0 radical (unpaired) electrons. The summed E-state index contributed by atoms with van der Waals surface area (Å²) in [5.41, 5.74) is 13.0. The van der Waals surface area contributed by atoms with Crippen LogP contribution in [0.25, 0.3) is 10.9 Å². The predicted molar refractivity (Wildman–Crippen MR) is 136 cm³/mol. The molecule has 1 aliphatic rings. The number of rotatable bonds is 12. The SMILES string of the molecule is CC(O)C(NC(=O)C(CCC(N)=O)NC(=O)C(N)Cc1c[nH]c2ccccc12)C(=O)N1CCCC1C(=O)O. The van der Waals surface area contributed by atoms with E-state index in [1.165, 1.54) is 6.92 Å². The van der Waals surface area contributed by atoms with Crippen LogP contribution in [0.5, 0.6) is 0 Å². The molecule has 1 fully saturated rings. The third-order valence-electron chi connectivity index (χ3n) is 6.63. The molecule has 2 heterocycles. The second-order valence-corrected chi connectivity index (χ2v) is 9.49. The molecule has 0 spiro atoms. The quantitative estimate of drug-likeness (QED) is 0.175. The van der Waals surface area contributed by atoms with Crippen LogP contribution in [0.4, 0.5) is 0 Å². The van der Waals surface area contributed by atoms with Gasteiger partial charge in [0.25, 0.3) is 0 Å². The van der Waals surface area contributed by atoms with Gasteiger partial charge in [0.15, 0.2) is 0 Å². The molecule has 1 saturated heterocycles. The van der Waals surface area contributed by atoms with Gasteiger partial charge in [-0.25, -0.2) is 4.79 Å². The molecule has 0 bridgehead atoms. The molecule has 1 aromatic heterocycles. The predicted octanol–water partition coefficient (Wildman–Crippen LogP) is -1.27. The molecule has 13 heteroatoms. The minimum atomic E-state index is -1.46. The Balaban J connectivity index is 1.71. The monoisotopic (exact) mass is 530 g/mol. The van der Waals surface area contributed by atoms with Gasteiger partial charge in [0, 0.05) is 30.1 Å². The van der Waals surface area contributed by atoms with Crippen LogP contribution < -0.4 is 22.1 Å². The topological polar surface area (TPSA) is 221 Å². The van der Waals surface area contributed by atoms with E-state index < -0.39 is 59.9 Å². The molecule has 3 rings (SSSR count). The summed E-state index contributed by atoms with van der Waals surface area (Å²) in [7, 11) is 0. The molecule has 5 unspecified atom stereocenters. The maximum absolute atomic E-state index is 13.1. The van der Waals surface area contributed by atoms with Crippen molar-refractivity contribution >= 4 is 40.5 Å². The van der Waals surface area contributed by atoms with Crippen LogP contribution in [-0.4, -0.2) is 86.5 Å². The normalized spacial score (nSPS) is 18.4. The second kappa shape index (κ2) is 12.5. The molecular weight excluding hydrogens is 496 g/mol. The van der Waals surface area contributed by atoms with Crippen molar-refractivity contribution in [2.75, 3.05) is 6.54 Å². The Morgan fingerprint density at radius 2 is 1.87 bits per heavy atom. The summed E-state index contributed by atoms with van der Waals surface area (Å²) in [5, 5.41) is 25.4. The number of carboxylic acid groups (broad SMARTS) is 1. The Kier molecular flexibility index (Phi) is 9.42. The van der Waals surface area contributed by atoms with Crippen molar-refractivity contribution in [3.63, 3.8) is 0 Å². The third kappa shape index (κ3) is 6.86. The van der Waals surface area contributed by atoms with Gasteiger partial charge in [-0.2, -0.15) is 0 Å². The van der Waals surface area contributed by atoms with Gasteiger partial charge in [0.1, 0.15) is 18.1 Å². The zero-order chi connectivity index (χ0) is 28.0. The van der Waals surface area contributed by atoms with Gasteiger partial charge in [0.2, 0.25) is 23.6 Å². The Morgan fingerprint density at radius 1 is 1.16 bits per heavy atom. The van der Waals surface area contributed by atoms with Crippen molar-refractivity contribution in [2.45, 2.75) is 69.3 Å². The zero-order valence-electron chi connectivity index (χ0n) is 21.1. The summed E-state index contributed by atoms with van der Waals surface area (Å²) >= 11 is 0. The summed E-state index contributed by atoms with van der Waals surface area (Å²) in [5.74, 6) is -4.14. The van der Waals surface area contributed by atoms with E-state index in [2.05, 4.69) is 15.6 Å². The standard InChI is InChI=1S/C25H34N6O7/c1-13(32)21(24(36)31-10-4-7-19(31)25(37)38)30-23(35)18(8-9-20(27)33)29-22(34)16(26)11-14-12-28-17-6-3-2-5-15(14)17/h2-3,5-6,12-13,16,18-19,21,28,32H,4,7-11,26H2,1H3,(H2,27,33)(H,29,34)(H,30,35)(H,37,38). The van der Waals surface area contributed by atoms with Crippen molar-refractivity contribution in [3.05, 3.63) is 36.0 Å². The van der Waals surface area contributed by atoms with Crippen LogP contribution in [0.15, 0.2) is 30.5 Å². The minimum absolute atomic E-state index is 0.166. The first kappa shape index (κ1) is 28.6. The molecule has 4 amide bonds. The van der Waals surface area contributed by atoms with Crippen molar-refractivity contribution in [1.29, 1.82) is 0 Å². The molecule has 38 heavy (non-hydrogen) atoms. The number of carboxylic acids is 1. The Morgan fingerprint density at radius 3 is 2.53 bits per heavy atom. The van der Waals surface area contributed by atoms with Crippen molar-refractivity contribution in [3.8, 4) is 0 Å². The maximum atomic E-state index is 13.1. The summed E-state index contributed by atoms with van der Waals surface area (Å²) < 4.78 is 0. The van der Waals surface area contributed by atoms with Gasteiger partial charge in [-0.1, -0.05) is 18.2 Å². The fourth-order valence-electron chi connectivity index (χ4n) is 4.57. The zero-order valence-corrected chi connectivity index (χ0v) is 21.1. The van der Waals surface area contributed by atoms with Gasteiger partial charge in [0.05, 0.1) is 12.1 Å². The van der Waals surface area contributed by atoms with Gasteiger partial charge >= 0.3 is 5.97 Å². The lowest BCUT2D eigenvalue weighted by Gasteiger charge is -2.30.